The normalized spacial score (nSPS) is 14.6. The first-order chi connectivity index (χ1) is 14.8. The lowest BCUT2D eigenvalue weighted by atomic mass is 10.1. The smallest absolute Gasteiger partial charge is 0.416 e. The van der Waals surface area contributed by atoms with Crippen molar-refractivity contribution in [3.8, 4) is 16.3 Å². The van der Waals surface area contributed by atoms with Crippen molar-refractivity contribution in [2.45, 2.75) is 6.18 Å². The Morgan fingerprint density at radius 3 is 2.42 bits per heavy atom. The molecule has 0 saturated carbocycles. The molecule has 0 aliphatic carbocycles. The van der Waals surface area contributed by atoms with Crippen LogP contribution in [0.3, 0.4) is 0 Å². The summed E-state index contributed by atoms with van der Waals surface area (Å²) in [5, 5.41) is 2.00. The number of nitrogens with zero attached hydrogens (tertiary/aromatic N) is 3. The number of halogens is 3. The lowest BCUT2D eigenvalue weighted by molar-refractivity contribution is -0.137. The lowest BCUT2D eigenvalue weighted by Crippen LogP contribution is -2.48. The highest BCUT2D eigenvalue weighted by molar-refractivity contribution is 7.13. The SMILES string of the molecule is COc1ccc(N2CCN(C(=O)c3csc(-c4cccc(C(F)(F)F)c4)n3)CC2)cc1. The Bertz CT molecular complexity index is 1060. The summed E-state index contributed by atoms with van der Waals surface area (Å²) in [6.45, 7) is 2.45. The van der Waals surface area contributed by atoms with Gasteiger partial charge in [0.1, 0.15) is 16.5 Å². The highest BCUT2D eigenvalue weighted by Gasteiger charge is 2.31. The summed E-state index contributed by atoms with van der Waals surface area (Å²) in [7, 11) is 1.62. The number of alkyl halides is 3. The summed E-state index contributed by atoms with van der Waals surface area (Å²) in [5.41, 5.74) is 0.939. The average molecular weight is 447 g/mol. The van der Waals surface area contributed by atoms with Gasteiger partial charge in [0.05, 0.1) is 12.7 Å². The van der Waals surface area contributed by atoms with Crippen LogP contribution in [-0.4, -0.2) is 49.1 Å². The van der Waals surface area contributed by atoms with Crippen molar-refractivity contribution in [2.24, 2.45) is 0 Å². The fourth-order valence-electron chi connectivity index (χ4n) is 3.46. The first kappa shape index (κ1) is 21.2. The average Bonchev–Trinajstić information content (AvgIpc) is 3.29. The van der Waals surface area contributed by atoms with Crippen molar-refractivity contribution in [1.29, 1.82) is 0 Å². The van der Waals surface area contributed by atoms with Crippen molar-refractivity contribution < 1.29 is 22.7 Å². The van der Waals surface area contributed by atoms with Crippen LogP contribution >= 0.6 is 11.3 Å². The molecule has 2 heterocycles. The number of aromatic nitrogens is 1. The zero-order valence-corrected chi connectivity index (χ0v) is 17.5. The topological polar surface area (TPSA) is 45.7 Å². The fraction of sp³-hybridized carbons (Fsp3) is 0.273. The summed E-state index contributed by atoms with van der Waals surface area (Å²) < 4.78 is 44.1. The number of amides is 1. The number of ether oxygens (including phenoxy) is 1. The molecule has 0 atom stereocenters. The molecular formula is C22H20F3N3O2S. The molecule has 1 aliphatic rings. The van der Waals surface area contributed by atoms with Gasteiger partial charge in [-0.25, -0.2) is 4.98 Å². The van der Waals surface area contributed by atoms with Gasteiger partial charge < -0.3 is 14.5 Å². The number of benzene rings is 2. The molecular weight excluding hydrogens is 427 g/mol. The molecule has 1 aromatic heterocycles. The summed E-state index contributed by atoms with van der Waals surface area (Å²) in [6, 6.07) is 12.8. The van der Waals surface area contributed by atoms with Crippen molar-refractivity contribution in [3.05, 3.63) is 65.2 Å². The van der Waals surface area contributed by atoms with Crippen LogP contribution in [0.1, 0.15) is 16.1 Å². The predicted molar refractivity (Wildman–Crippen MR) is 114 cm³/mol. The molecule has 1 fully saturated rings. The number of hydrogen-bond acceptors (Lipinski definition) is 5. The fourth-order valence-corrected chi connectivity index (χ4v) is 4.25. The van der Waals surface area contributed by atoms with E-state index in [0.29, 0.717) is 36.8 Å². The quantitative estimate of drug-likeness (QED) is 0.577. The molecule has 1 aliphatic heterocycles. The van der Waals surface area contributed by atoms with Gasteiger partial charge in [-0.05, 0) is 36.4 Å². The summed E-state index contributed by atoms with van der Waals surface area (Å²) in [6.07, 6.45) is -4.42. The molecule has 162 valence electrons. The van der Waals surface area contributed by atoms with Gasteiger partial charge in [-0.3, -0.25) is 4.79 Å². The van der Waals surface area contributed by atoms with Crippen LogP contribution in [-0.2, 0) is 6.18 Å². The van der Waals surface area contributed by atoms with Gasteiger partial charge >= 0.3 is 6.18 Å². The third-order valence-electron chi connectivity index (χ3n) is 5.16. The van der Waals surface area contributed by atoms with E-state index in [1.165, 1.54) is 17.4 Å². The molecule has 0 radical (unpaired) electrons. The number of hydrogen-bond donors (Lipinski definition) is 0. The van der Waals surface area contributed by atoms with Crippen molar-refractivity contribution in [3.63, 3.8) is 0 Å². The second-order valence-corrected chi connectivity index (χ2v) is 7.95. The van der Waals surface area contributed by atoms with Crippen LogP contribution in [0.2, 0.25) is 0 Å². The van der Waals surface area contributed by atoms with Gasteiger partial charge in [-0.15, -0.1) is 11.3 Å². The van der Waals surface area contributed by atoms with Crippen LogP contribution in [0, 0.1) is 0 Å². The second-order valence-electron chi connectivity index (χ2n) is 7.09. The number of rotatable bonds is 4. The summed E-state index contributed by atoms with van der Waals surface area (Å²) >= 11 is 1.17. The Hall–Kier alpha value is -3.07. The van der Waals surface area contributed by atoms with Crippen molar-refractivity contribution in [2.75, 3.05) is 38.2 Å². The number of carbonyl (C=O) groups is 1. The van der Waals surface area contributed by atoms with E-state index in [4.69, 9.17) is 4.74 Å². The molecule has 31 heavy (non-hydrogen) atoms. The molecule has 1 amide bonds. The van der Waals surface area contributed by atoms with Crippen molar-refractivity contribution >= 4 is 22.9 Å². The number of thiazole rings is 1. The molecule has 4 rings (SSSR count). The number of carbonyl (C=O) groups excluding carboxylic acids is 1. The standard InChI is InChI=1S/C22H20F3N3O2S/c1-30-18-7-5-17(6-8-18)27-9-11-28(12-10-27)21(29)19-14-31-20(26-19)15-3-2-4-16(13-15)22(23,24)25/h2-8,13-14H,9-12H2,1H3. The van der Waals surface area contributed by atoms with Crippen LogP contribution < -0.4 is 9.64 Å². The molecule has 5 nitrogen and oxygen atoms in total. The van der Waals surface area contributed by atoms with E-state index in [2.05, 4.69) is 9.88 Å². The lowest BCUT2D eigenvalue weighted by Gasteiger charge is -2.35. The van der Waals surface area contributed by atoms with E-state index < -0.39 is 11.7 Å². The molecule has 0 N–H and O–H groups in total. The molecule has 0 bridgehead atoms. The first-order valence-corrected chi connectivity index (χ1v) is 10.5. The highest BCUT2D eigenvalue weighted by Crippen LogP contribution is 2.33. The molecule has 2 aromatic carbocycles. The van der Waals surface area contributed by atoms with Gasteiger partial charge in [0.25, 0.3) is 5.91 Å². The van der Waals surface area contributed by atoms with E-state index in [0.717, 1.165) is 23.6 Å². The number of anilines is 1. The van der Waals surface area contributed by atoms with Crippen LogP contribution in [0.25, 0.3) is 10.6 Å². The zero-order valence-electron chi connectivity index (χ0n) is 16.7. The summed E-state index contributed by atoms with van der Waals surface area (Å²) in [5.74, 6) is 0.585. The van der Waals surface area contributed by atoms with Gasteiger partial charge in [0, 0.05) is 42.8 Å². The highest BCUT2D eigenvalue weighted by atomic mass is 32.1. The number of methoxy groups -OCH3 is 1. The monoisotopic (exact) mass is 447 g/mol. The molecule has 0 unspecified atom stereocenters. The van der Waals surface area contributed by atoms with Crippen LogP contribution in [0.5, 0.6) is 5.75 Å². The molecule has 3 aromatic rings. The minimum absolute atomic E-state index is 0.205. The maximum absolute atomic E-state index is 13.0. The maximum atomic E-state index is 13.0. The minimum Gasteiger partial charge on any atom is -0.497 e. The Balaban J connectivity index is 1.41. The third kappa shape index (κ3) is 4.66. The van der Waals surface area contributed by atoms with E-state index in [-0.39, 0.29) is 11.6 Å². The maximum Gasteiger partial charge on any atom is 0.416 e. The van der Waals surface area contributed by atoms with Gasteiger partial charge in [-0.1, -0.05) is 12.1 Å². The Labute approximate surface area is 181 Å². The Morgan fingerprint density at radius 2 is 1.77 bits per heavy atom. The molecule has 9 heteroatoms. The third-order valence-corrected chi connectivity index (χ3v) is 6.06. The largest absolute Gasteiger partial charge is 0.497 e. The van der Waals surface area contributed by atoms with Crippen LogP contribution in [0.4, 0.5) is 18.9 Å². The first-order valence-electron chi connectivity index (χ1n) is 9.66. The Kier molecular flexibility index (Phi) is 5.86. The molecule has 0 spiro atoms. The predicted octanol–water partition coefficient (Wildman–Crippen LogP) is 4.80. The van der Waals surface area contributed by atoms with Crippen molar-refractivity contribution in [1.82, 2.24) is 9.88 Å². The van der Waals surface area contributed by atoms with E-state index in [1.54, 1.807) is 23.5 Å². The van der Waals surface area contributed by atoms with Gasteiger partial charge in [0.2, 0.25) is 0 Å². The van der Waals surface area contributed by atoms with E-state index in [1.807, 2.05) is 24.3 Å². The Morgan fingerprint density at radius 1 is 1.06 bits per heavy atom. The summed E-state index contributed by atoms with van der Waals surface area (Å²) in [4.78, 5) is 21.1. The van der Waals surface area contributed by atoms with E-state index in [9.17, 15) is 18.0 Å². The van der Waals surface area contributed by atoms with Crippen LogP contribution in [0.15, 0.2) is 53.9 Å². The minimum atomic E-state index is -4.42. The van der Waals surface area contributed by atoms with E-state index >= 15 is 0 Å². The second kappa shape index (κ2) is 8.58. The van der Waals surface area contributed by atoms with Gasteiger partial charge in [-0.2, -0.15) is 13.2 Å². The molecule has 1 saturated heterocycles. The zero-order chi connectivity index (χ0) is 22.0. The number of piperazine rings is 1. The van der Waals surface area contributed by atoms with Gasteiger partial charge in [0.15, 0.2) is 0 Å².